The van der Waals surface area contributed by atoms with Crippen molar-refractivity contribution < 1.29 is 13.6 Å². The van der Waals surface area contributed by atoms with E-state index in [9.17, 15) is 13.6 Å². The molecule has 0 radical (unpaired) electrons. The van der Waals surface area contributed by atoms with Gasteiger partial charge in [0.15, 0.2) is 0 Å². The van der Waals surface area contributed by atoms with Crippen molar-refractivity contribution >= 4 is 28.2 Å². The molecule has 1 nitrogen and oxygen atoms in total. The fraction of sp³-hybridized carbons (Fsp3) is 0.154. The second kappa shape index (κ2) is 5.16. The maximum Gasteiger partial charge on any atom is 0.277 e. The molecule has 0 aliphatic rings. The highest BCUT2D eigenvalue weighted by molar-refractivity contribution is 7.14. The van der Waals surface area contributed by atoms with E-state index in [-0.39, 0.29) is 16.0 Å². The predicted octanol–water partition coefficient (Wildman–Crippen LogP) is 4.46. The van der Waals surface area contributed by atoms with Gasteiger partial charge in [0.05, 0.1) is 4.88 Å². The van der Waals surface area contributed by atoms with Crippen molar-refractivity contribution in [3.05, 3.63) is 57.8 Å². The molecule has 0 unspecified atom stereocenters. The quantitative estimate of drug-likeness (QED) is 0.758. The highest BCUT2D eigenvalue weighted by Crippen LogP contribution is 2.34. The summed E-state index contributed by atoms with van der Waals surface area (Å²) in [5, 5.41) is 0.898. The van der Waals surface area contributed by atoms with Crippen molar-refractivity contribution in [1.82, 2.24) is 0 Å². The third kappa shape index (κ3) is 2.76. The van der Waals surface area contributed by atoms with Crippen molar-refractivity contribution in [3.8, 4) is 0 Å². The van der Waals surface area contributed by atoms with Crippen LogP contribution in [0.25, 0.3) is 0 Å². The van der Waals surface area contributed by atoms with Crippen molar-refractivity contribution in [2.24, 2.45) is 0 Å². The van der Waals surface area contributed by atoms with Crippen LogP contribution in [-0.4, -0.2) is 5.24 Å². The Bertz CT molecular complexity index is 551. The van der Waals surface area contributed by atoms with Crippen LogP contribution in [0.1, 0.15) is 20.8 Å². The first kappa shape index (κ1) is 13.2. The van der Waals surface area contributed by atoms with Gasteiger partial charge < -0.3 is 0 Å². The molecular weight excluding hydrogens is 278 g/mol. The van der Waals surface area contributed by atoms with Gasteiger partial charge in [-0.15, -0.1) is 11.3 Å². The van der Waals surface area contributed by atoms with Gasteiger partial charge in [-0.1, -0.05) is 30.3 Å². The molecule has 1 aromatic heterocycles. The molecule has 18 heavy (non-hydrogen) atoms. The molecule has 0 bridgehead atoms. The summed E-state index contributed by atoms with van der Waals surface area (Å²) in [6.07, 6.45) is -0.520. The maximum absolute atomic E-state index is 14.0. The van der Waals surface area contributed by atoms with Crippen LogP contribution in [0, 0.1) is 0 Å². The third-order valence-electron chi connectivity index (χ3n) is 2.53. The molecule has 0 saturated carbocycles. The highest BCUT2D eigenvalue weighted by atomic mass is 35.5. The molecule has 0 amide bonds. The number of carbonyl (C=O) groups is 1. The SMILES string of the molecule is O=C(Cl)c1sccc1CC(F)(F)c1ccccc1. The van der Waals surface area contributed by atoms with Crippen LogP contribution >= 0.6 is 22.9 Å². The Morgan fingerprint density at radius 3 is 2.50 bits per heavy atom. The van der Waals surface area contributed by atoms with Gasteiger partial charge in [-0.2, -0.15) is 0 Å². The second-order valence-electron chi connectivity index (χ2n) is 3.80. The zero-order valence-electron chi connectivity index (χ0n) is 9.20. The number of benzene rings is 1. The van der Waals surface area contributed by atoms with E-state index in [0.29, 0.717) is 0 Å². The molecule has 0 aliphatic carbocycles. The van der Waals surface area contributed by atoms with E-state index in [1.807, 2.05) is 0 Å². The maximum atomic E-state index is 14.0. The molecule has 2 aromatic rings. The van der Waals surface area contributed by atoms with Gasteiger partial charge in [-0.05, 0) is 28.6 Å². The van der Waals surface area contributed by atoms with Crippen molar-refractivity contribution in [2.75, 3.05) is 0 Å². The summed E-state index contributed by atoms with van der Waals surface area (Å²) in [5.41, 5.74) is 0.220. The molecule has 94 valence electrons. The van der Waals surface area contributed by atoms with E-state index in [1.54, 1.807) is 23.6 Å². The van der Waals surface area contributed by atoms with Crippen LogP contribution in [0.5, 0.6) is 0 Å². The van der Waals surface area contributed by atoms with Crippen LogP contribution in [-0.2, 0) is 12.3 Å². The Morgan fingerprint density at radius 2 is 1.89 bits per heavy atom. The number of hydrogen-bond acceptors (Lipinski definition) is 2. The summed E-state index contributed by atoms with van der Waals surface area (Å²) in [5.74, 6) is -3.01. The first-order valence-corrected chi connectivity index (χ1v) is 6.46. The summed E-state index contributed by atoms with van der Waals surface area (Å²) in [7, 11) is 0. The average molecular weight is 287 g/mol. The number of thiophene rings is 1. The lowest BCUT2D eigenvalue weighted by Gasteiger charge is -2.16. The number of rotatable bonds is 4. The monoisotopic (exact) mass is 286 g/mol. The van der Waals surface area contributed by atoms with E-state index in [1.165, 1.54) is 18.2 Å². The van der Waals surface area contributed by atoms with Crippen LogP contribution < -0.4 is 0 Å². The normalized spacial score (nSPS) is 11.5. The molecular formula is C13H9ClF2OS. The Labute approximate surface area is 112 Å². The molecule has 0 N–H and O–H groups in total. The minimum Gasteiger partial charge on any atom is -0.275 e. The molecule has 0 atom stereocenters. The Hall–Kier alpha value is -1.26. The third-order valence-corrected chi connectivity index (χ3v) is 3.79. The molecule has 0 fully saturated rings. The van der Waals surface area contributed by atoms with Crippen LogP contribution in [0.15, 0.2) is 41.8 Å². The minimum absolute atomic E-state index is 0.0656. The van der Waals surface area contributed by atoms with E-state index >= 15 is 0 Å². The van der Waals surface area contributed by atoms with Crippen molar-refractivity contribution in [1.29, 1.82) is 0 Å². The fourth-order valence-electron chi connectivity index (χ4n) is 1.67. The van der Waals surface area contributed by atoms with Gasteiger partial charge in [0.2, 0.25) is 0 Å². The summed E-state index contributed by atoms with van der Waals surface area (Å²) in [6, 6.07) is 9.05. The number of halogens is 3. The van der Waals surface area contributed by atoms with Crippen molar-refractivity contribution in [2.45, 2.75) is 12.3 Å². The zero-order chi connectivity index (χ0) is 13.2. The molecule has 0 spiro atoms. The molecule has 0 aliphatic heterocycles. The largest absolute Gasteiger partial charge is 0.277 e. The smallest absolute Gasteiger partial charge is 0.275 e. The highest BCUT2D eigenvalue weighted by Gasteiger charge is 2.33. The lowest BCUT2D eigenvalue weighted by atomic mass is 10.0. The first-order valence-electron chi connectivity index (χ1n) is 5.20. The Kier molecular flexibility index (Phi) is 3.78. The Balaban J connectivity index is 2.28. The lowest BCUT2D eigenvalue weighted by Crippen LogP contribution is -2.17. The molecule has 1 aromatic carbocycles. The average Bonchev–Trinajstić information content (AvgIpc) is 2.78. The summed E-state index contributed by atoms with van der Waals surface area (Å²) >= 11 is 6.43. The molecule has 0 saturated heterocycles. The molecule has 5 heteroatoms. The van der Waals surface area contributed by atoms with Crippen LogP contribution in [0.2, 0.25) is 0 Å². The lowest BCUT2D eigenvalue weighted by molar-refractivity contribution is -0.00380. The van der Waals surface area contributed by atoms with Crippen LogP contribution in [0.4, 0.5) is 8.78 Å². The second-order valence-corrected chi connectivity index (χ2v) is 5.06. The number of alkyl halides is 2. The van der Waals surface area contributed by atoms with E-state index < -0.39 is 17.6 Å². The summed E-state index contributed by atoms with van der Waals surface area (Å²) in [6.45, 7) is 0. The fourth-order valence-corrected chi connectivity index (χ4v) is 2.68. The minimum atomic E-state index is -3.01. The zero-order valence-corrected chi connectivity index (χ0v) is 10.8. The Morgan fingerprint density at radius 1 is 1.22 bits per heavy atom. The van der Waals surface area contributed by atoms with E-state index in [0.717, 1.165) is 11.3 Å². The van der Waals surface area contributed by atoms with Gasteiger partial charge in [0.1, 0.15) is 0 Å². The molecule has 2 rings (SSSR count). The number of carbonyl (C=O) groups excluding carboxylic acids is 1. The van der Waals surface area contributed by atoms with Gasteiger partial charge in [0, 0.05) is 12.0 Å². The summed E-state index contributed by atoms with van der Waals surface area (Å²) < 4.78 is 28.0. The van der Waals surface area contributed by atoms with E-state index in [4.69, 9.17) is 11.6 Å². The van der Waals surface area contributed by atoms with E-state index in [2.05, 4.69) is 0 Å². The van der Waals surface area contributed by atoms with Gasteiger partial charge in [-0.3, -0.25) is 4.79 Å². The summed E-state index contributed by atoms with van der Waals surface area (Å²) in [4.78, 5) is 11.3. The van der Waals surface area contributed by atoms with Gasteiger partial charge in [0.25, 0.3) is 11.2 Å². The van der Waals surface area contributed by atoms with Gasteiger partial charge in [-0.25, -0.2) is 8.78 Å². The number of hydrogen-bond donors (Lipinski definition) is 0. The first-order chi connectivity index (χ1) is 8.50. The van der Waals surface area contributed by atoms with Crippen molar-refractivity contribution in [3.63, 3.8) is 0 Å². The van der Waals surface area contributed by atoms with Gasteiger partial charge >= 0.3 is 0 Å². The topological polar surface area (TPSA) is 17.1 Å². The standard InChI is InChI=1S/C13H9ClF2OS/c14-12(17)11-9(6-7-18-11)8-13(15,16)10-4-2-1-3-5-10/h1-7H,8H2. The predicted molar refractivity (Wildman–Crippen MR) is 68.5 cm³/mol. The molecule has 1 heterocycles. The van der Waals surface area contributed by atoms with Crippen LogP contribution in [0.3, 0.4) is 0 Å².